The molecule has 1 N–H and O–H groups in total. The standard InChI is InChI=1S/C21H27ClN2O3S/c1-15-12-16(2)14-20(13-15)24(28(4,26)27)17(3)21(25)23-11-5-6-18-7-9-19(22)10-8-18/h7-10,12-14,17H,5-6,11H2,1-4H3,(H,23,25)/t17-/m1/s1. The molecular formula is C21H27ClN2O3S. The second-order valence-electron chi connectivity index (χ2n) is 7.10. The first kappa shape index (κ1) is 22.2. The highest BCUT2D eigenvalue weighted by molar-refractivity contribution is 7.92. The molecule has 5 nitrogen and oxygen atoms in total. The van der Waals surface area contributed by atoms with Crippen LogP contribution in [0.3, 0.4) is 0 Å². The van der Waals surface area contributed by atoms with E-state index in [1.807, 2.05) is 44.2 Å². The first-order chi connectivity index (χ1) is 13.1. The molecule has 0 unspecified atom stereocenters. The van der Waals surface area contributed by atoms with E-state index in [1.165, 1.54) is 4.31 Å². The van der Waals surface area contributed by atoms with Gasteiger partial charge in [-0.25, -0.2) is 8.42 Å². The Morgan fingerprint density at radius 3 is 2.21 bits per heavy atom. The molecule has 0 saturated carbocycles. The highest BCUT2D eigenvalue weighted by atomic mass is 35.5. The van der Waals surface area contributed by atoms with E-state index in [0.29, 0.717) is 17.3 Å². The molecule has 0 saturated heterocycles. The van der Waals surface area contributed by atoms with Gasteiger partial charge in [-0.3, -0.25) is 9.10 Å². The molecule has 0 aliphatic heterocycles. The van der Waals surface area contributed by atoms with Crippen molar-refractivity contribution in [3.05, 3.63) is 64.2 Å². The van der Waals surface area contributed by atoms with Crippen LogP contribution in [0.25, 0.3) is 0 Å². The molecule has 0 aliphatic carbocycles. The second-order valence-corrected chi connectivity index (χ2v) is 9.40. The zero-order valence-electron chi connectivity index (χ0n) is 16.7. The number of hydrogen-bond donors (Lipinski definition) is 1. The van der Waals surface area contributed by atoms with E-state index in [9.17, 15) is 13.2 Å². The minimum Gasteiger partial charge on any atom is -0.354 e. The van der Waals surface area contributed by atoms with Crippen molar-refractivity contribution in [2.45, 2.75) is 39.7 Å². The molecule has 1 atom stereocenters. The summed E-state index contributed by atoms with van der Waals surface area (Å²) in [5.74, 6) is -0.319. The van der Waals surface area contributed by atoms with Crippen molar-refractivity contribution >= 4 is 33.2 Å². The fourth-order valence-electron chi connectivity index (χ4n) is 3.19. The number of nitrogens with one attached hydrogen (secondary N) is 1. The SMILES string of the molecule is Cc1cc(C)cc(N([C@H](C)C(=O)NCCCc2ccc(Cl)cc2)S(C)(=O)=O)c1. The topological polar surface area (TPSA) is 66.5 Å². The molecule has 2 aromatic rings. The summed E-state index contributed by atoms with van der Waals surface area (Å²) in [6.07, 6.45) is 2.68. The van der Waals surface area contributed by atoms with Crippen LogP contribution in [0.2, 0.25) is 5.02 Å². The lowest BCUT2D eigenvalue weighted by Gasteiger charge is -2.28. The van der Waals surface area contributed by atoms with Gasteiger partial charge in [0.05, 0.1) is 11.9 Å². The van der Waals surface area contributed by atoms with Crippen molar-refractivity contribution in [2.24, 2.45) is 0 Å². The maximum atomic E-state index is 12.6. The Labute approximate surface area is 172 Å². The molecule has 152 valence electrons. The summed E-state index contributed by atoms with van der Waals surface area (Å²) in [6.45, 7) is 5.88. The number of anilines is 1. The molecule has 0 aromatic heterocycles. The van der Waals surface area contributed by atoms with Gasteiger partial charge in [0.1, 0.15) is 6.04 Å². The summed E-state index contributed by atoms with van der Waals surface area (Å²) in [7, 11) is -3.61. The lowest BCUT2D eigenvalue weighted by Crippen LogP contribution is -2.48. The molecule has 1 amide bonds. The van der Waals surface area contributed by atoms with Gasteiger partial charge in [-0.05, 0) is 74.6 Å². The van der Waals surface area contributed by atoms with E-state index in [-0.39, 0.29) is 5.91 Å². The Balaban J connectivity index is 2.02. The number of rotatable bonds is 8. The number of carbonyl (C=O) groups is 1. The molecule has 0 spiro atoms. The van der Waals surface area contributed by atoms with Gasteiger partial charge in [0, 0.05) is 11.6 Å². The number of halogens is 1. The molecule has 0 aliphatic rings. The largest absolute Gasteiger partial charge is 0.354 e. The summed E-state index contributed by atoms with van der Waals surface area (Å²) in [5.41, 5.74) is 3.53. The van der Waals surface area contributed by atoms with E-state index >= 15 is 0 Å². The van der Waals surface area contributed by atoms with E-state index < -0.39 is 16.1 Å². The number of hydrogen-bond acceptors (Lipinski definition) is 3. The van der Waals surface area contributed by atoms with Gasteiger partial charge in [-0.15, -0.1) is 0 Å². The van der Waals surface area contributed by atoms with Gasteiger partial charge in [0.2, 0.25) is 15.9 Å². The highest BCUT2D eigenvalue weighted by Crippen LogP contribution is 2.24. The molecule has 28 heavy (non-hydrogen) atoms. The first-order valence-corrected chi connectivity index (χ1v) is 11.4. The Bertz CT molecular complexity index is 907. The van der Waals surface area contributed by atoms with E-state index in [4.69, 9.17) is 11.6 Å². The van der Waals surface area contributed by atoms with Crippen LogP contribution in [0.5, 0.6) is 0 Å². The zero-order valence-corrected chi connectivity index (χ0v) is 18.3. The van der Waals surface area contributed by atoms with Crippen molar-refractivity contribution in [3.63, 3.8) is 0 Å². The maximum Gasteiger partial charge on any atom is 0.243 e. The van der Waals surface area contributed by atoms with Gasteiger partial charge in [0.25, 0.3) is 0 Å². The third-order valence-electron chi connectivity index (χ3n) is 4.40. The van der Waals surface area contributed by atoms with Crippen LogP contribution >= 0.6 is 11.6 Å². The van der Waals surface area contributed by atoms with E-state index in [1.54, 1.807) is 19.1 Å². The predicted octanol–water partition coefficient (Wildman–Crippen LogP) is 3.86. The quantitative estimate of drug-likeness (QED) is 0.657. The van der Waals surface area contributed by atoms with Gasteiger partial charge in [-0.2, -0.15) is 0 Å². The lowest BCUT2D eigenvalue weighted by atomic mass is 10.1. The normalized spacial score (nSPS) is 12.5. The fraction of sp³-hybridized carbons (Fsp3) is 0.381. The van der Waals surface area contributed by atoms with Crippen LogP contribution in [0, 0.1) is 13.8 Å². The predicted molar refractivity (Wildman–Crippen MR) is 115 cm³/mol. The monoisotopic (exact) mass is 422 g/mol. The summed E-state index contributed by atoms with van der Waals surface area (Å²) in [6, 6.07) is 12.3. The van der Waals surface area contributed by atoms with Crippen LogP contribution in [-0.2, 0) is 21.2 Å². The van der Waals surface area contributed by atoms with Crippen LogP contribution in [0.15, 0.2) is 42.5 Å². The van der Waals surface area contributed by atoms with Crippen molar-refractivity contribution < 1.29 is 13.2 Å². The third-order valence-corrected chi connectivity index (χ3v) is 5.90. The average Bonchev–Trinajstić information content (AvgIpc) is 2.58. The summed E-state index contributed by atoms with van der Waals surface area (Å²) in [4.78, 5) is 12.6. The van der Waals surface area contributed by atoms with Crippen LogP contribution in [0.1, 0.15) is 30.0 Å². The number of aryl methyl sites for hydroxylation is 3. The Hall–Kier alpha value is -2.05. The molecule has 0 radical (unpaired) electrons. The molecule has 0 heterocycles. The Morgan fingerprint density at radius 2 is 1.68 bits per heavy atom. The second kappa shape index (κ2) is 9.43. The summed E-state index contributed by atoms with van der Waals surface area (Å²) < 4.78 is 25.9. The summed E-state index contributed by atoms with van der Waals surface area (Å²) in [5, 5.41) is 3.54. The molecular weight excluding hydrogens is 396 g/mol. The number of amides is 1. The van der Waals surface area contributed by atoms with Gasteiger partial charge in [-0.1, -0.05) is 29.8 Å². The number of benzene rings is 2. The minimum atomic E-state index is -3.61. The van der Waals surface area contributed by atoms with Gasteiger partial charge < -0.3 is 5.32 Å². The van der Waals surface area contributed by atoms with Crippen molar-refractivity contribution in [3.8, 4) is 0 Å². The molecule has 7 heteroatoms. The first-order valence-electron chi connectivity index (χ1n) is 9.18. The fourth-order valence-corrected chi connectivity index (χ4v) is 4.47. The van der Waals surface area contributed by atoms with Crippen LogP contribution in [0.4, 0.5) is 5.69 Å². The van der Waals surface area contributed by atoms with E-state index in [0.717, 1.165) is 35.8 Å². The smallest absolute Gasteiger partial charge is 0.243 e. The van der Waals surface area contributed by atoms with Crippen molar-refractivity contribution in [1.29, 1.82) is 0 Å². The average molecular weight is 423 g/mol. The zero-order chi connectivity index (χ0) is 20.9. The molecule has 2 aromatic carbocycles. The minimum absolute atomic E-state index is 0.319. The van der Waals surface area contributed by atoms with Crippen LogP contribution < -0.4 is 9.62 Å². The van der Waals surface area contributed by atoms with Gasteiger partial charge in [0.15, 0.2) is 0 Å². The van der Waals surface area contributed by atoms with E-state index in [2.05, 4.69) is 5.32 Å². The Kier molecular flexibility index (Phi) is 7.49. The third kappa shape index (κ3) is 6.24. The van der Waals surface area contributed by atoms with Crippen molar-refractivity contribution in [1.82, 2.24) is 5.32 Å². The van der Waals surface area contributed by atoms with Gasteiger partial charge >= 0.3 is 0 Å². The molecule has 2 rings (SSSR count). The molecule has 0 fully saturated rings. The van der Waals surface area contributed by atoms with Crippen molar-refractivity contribution in [2.75, 3.05) is 17.1 Å². The maximum absolute atomic E-state index is 12.6. The number of carbonyl (C=O) groups excluding carboxylic acids is 1. The number of sulfonamides is 1. The number of nitrogens with zero attached hydrogens (tertiary/aromatic N) is 1. The molecule has 0 bridgehead atoms. The lowest BCUT2D eigenvalue weighted by molar-refractivity contribution is -0.121. The summed E-state index contributed by atoms with van der Waals surface area (Å²) >= 11 is 5.88. The highest BCUT2D eigenvalue weighted by Gasteiger charge is 2.29. The Morgan fingerprint density at radius 1 is 1.11 bits per heavy atom. The van der Waals surface area contributed by atoms with Crippen LogP contribution in [-0.4, -0.2) is 33.2 Å².